The Balaban J connectivity index is 1.72. The summed E-state index contributed by atoms with van der Waals surface area (Å²) in [6.07, 6.45) is 4.11. The molecule has 0 heterocycles. The van der Waals surface area contributed by atoms with Crippen molar-refractivity contribution in [3.05, 3.63) is 65.5 Å². The predicted molar refractivity (Wildman–Crippen MR) is 113 cm³/mol. The van der Waals surface area contributed by atoms with Gasteiger partial charge in [0.05, 0.1) is 0 Å². The minimum atomic E-state index is -0.737. The Morgan fingerprint density at radius 3 is 2.60 bits per heavy atom. The predicted octanol–water partition coefficient (Wildman–Crippen LogP) is 3.99. The van der Waals surface area contributed by atoms with Crippen LogP contribution < -0.4 is 10.1 Å². The van der Waals surface area contributed by atoms with Gasteiger partial charge in [-0.2, -0.15) is 0 Å². The molecule has 2 aromatic carbocycles. The van der Waals surface area contributed by atoms with E-state index in [4.69, 9.17) is 4.74 Å². The van der Waals surface area contributed by atoms with E-state index < -0.39 is 11.9 Å². The Labute approximate surface area is 177 Å². The first-order valence-electron chi connectivity index (χ1n) is 10.5. The van der Waals surface area contributed by atoms with Crippen molar-refractivity contribution in [2.24, 2.45) is 0 Å². The fraction of sp³-hybridized carbons (Fsp3) is 0.417. The number of halogens is 1. The van der Waals surface area contributed by atoms with Gasteiger partial charge in [-0.25, -0.2) is 4.39 Å². The van der Waals surface area contributed by atoms with E-state index in [2.05, 4.69) is 5.32 Å². The molecule has 0 spiro atoms. The van der Waals surface area contributed by atoms with E-state index in [-0.39, 0.29) is 31.0 Å². The minimum Gasteiger partial charge on any atom is -0.484 e. The first kappa shape index (κ1) is 21.8. The summed E-state index contributed by atoms with van der Waals surface area (Å²) in [6, 6.07) is 13.1. The molecule has 1 aliphatic carbocycles. The van der Waals surface area contributed by atoms with Crippen molar-refractivity contribution in [3.63, 3.8) is 0 Å². The number of carbonyl (C=O) groups is 2. The van der Waals surface area contributed by atoms with Gasteiger partial charge in [-0.05, 0) is 50.5 Å². The number of rotatable bonds is 8. The normalized spacial score (nSPS) is 14.9. The second-order valence-electron chi connectivity index (χ2n) is 7.88. The van der Waals surface area contributed by atoms with Crippen LogP contribution in [0.15, 0.2) is 48.5 Å². The summed E-state index contributed by atoms with van der Waals surface area (Å²) in [7, 11) is 0. The second kappa shape index (κ2) is 10.2. The Kier molecular flexibility index (Phi) is 7.44. The van der Waals surface area contributed by atoms with Gasteiger partial charge in [0.15, 0.2) is 6.61 Å². The van der Waals surface area contributed by atoms with Crippen LogP contribution in [0.5, 0.6) is 5.75 Å². The Hall–Kier alpha value is -2.89. The molecule has 0 aromatic heterocycles. The summed E-state index contributed by atoms with van der Waals surface area (Å²) < 4.78 is 19.9. The SMILES string of the molecule is Cc1cccc(OCC(=O)N(Cc2ccccc2F)[C@@H](C)C(=O)NC2CCCC2)c1. The number of nitrogens with one attached hydrogen (secondary N) is 1. The second-order valence-corrected chi connectivity index (χ2v) is 7.88. The van der Waals surface area contributed by atoms with Crippen molar-refractivity contribution in [3.8, 4) is 5.75 Å². The molecule has 160 valence electrons. The summed E-state index contributed by atoms with van der Waals surface area (Å²) in [5.41, 5.74) is 1.38. The summed E-state index contributed by atoms with van der Waals surface area (Å²) >= 11 is 0. The molecule has 2 aromatic rings. The average molecular weight is 413 g/mol. The van der Waals surface area contributed by atoms with E-state index in [9.17, 15) is 14.0 Å². The highest BCUT2D eigenvalue weighted by Gasteiger charge is 2.29. The number of hydrogen-bond acceptors (Lipinski definition) is 3. The van der Waals surface area contributed by atoms with Crippen molar-refractivity contribution in [1.29, 1.82) is 0 Å². The van der Waals surface area contributed by atoms with Crippen LogP contribution in [-0.2, 0) is 16.1 Å². The van der Waals surface area contributed by atoms with E-state index in [1.54, 1.807) is 31.2 Å². The van der Waals surface area contributed by atoms with Crippen LogP contribution in [0.25, 0.3) is 0 Å². The molecule has 1 fully saturated rings. The van der Waals surface area contributed by atoms with Gasteiger partial charge >= 0.3 is 0 Å². The molecule has 3 rings (SSSR count). The zero-order chi connectivity index (χ0) is 21.5. The molecule has 1 N–H and O–H groups in total. The highest BCUT2D eigenvalue weighted by atomic mass is 19.1. The van der Waals surface area contributed by atoms with Crippen LogP contribution >= 0.6 is 0 Å². The number of aryl methyl sites for hydroxylation is 1. The van der Waals surface area contributed by atoms with Crippen LogP contribution in [0, 0.1) is 12.7 Å². The van der Waals surface area contributed by atoms with Gasteiger partial charge in [-0.3, -0.25) is 9.59 Å². The standard InChI is InChI=1S/C24H29FN2O3/c1-17-8-7-12-21(14-17)30-16-23(28)27(15-19-9-3-6-13-22(19)25)18(2)24(29)26-20-10-4-5-11-20/h3,6-9,12-14,18,20H,4-5,10-11,15-16H2,1-2H3,(H,26,29)/t18-/m0/s1. The first-order chi connectivity index (χ1) is 14.4. The maximum absolute atomic E-state index is 14.2. The van der Waals surface area contributed by atoms with E-state index in [1.165, 1.54) is 11.0 Å². The topological polar surface area (TPSA) is 58.6 Å². The summed E-state index contributed by atoms with van der Waals surface area (Å²) in [5, 5.41) is 3.03. The molecule has 0 unspecified atom stereocenters. The van der Waals surface area contributed by atoms with Crippen molar-refractivity contribution in [2.75, 3.05) is 6.61 Å². The van der Waals surface area contributed by atoms with E-state index in [0.717, 1.165) is 31.2 Å². The van der Waals surface area contributed by atoms with Crippen molar-refractivity contribution in [1.82, 2.24) is 10.2 Å². The minimum absolute atomic E-state index is 0.00192. The van der Waals surface area contributed by atoms with E-state index >= 15 is 0 Å². The monoisotopic (exact) mass is 412 g/mol. The summed E-state index contributed by atoms with van der Waals surface area (Å²) in [6.45, 7) is 3.39. The molecule has 0 bridgehead atoms. The Bertz CT molecular complexity index is 880. The lowest BCUT2D eigenvalue weighted by molar-refractivity contribution is -0.142. The highest BCUT2D eigenvalue weighted by Crippen LogP contribution is 2.19. The summed E-state index contributed by atoms with van der Waals surface area (Å²) in [4.78, 5) is 27.2. The lowest BCUT2D eigenvalue weighted by Crippen LogP contribution is -2.50. The number of nitrogens with zero attached hydrogens (tertiary/aromatic N) is 1. The molecule has 0 aliphatic heterocycles. The van der Waals surface area contributed by atoms with Gasteiger partial charge in [0.25, 0.3) is 5.91 Å². The molecule has 0 radical (unpaired) electrons. The van der Waals surface area contributed by atoms with E-state index in [0.29, 0.717) is 11.3 Å². The van der Waals surface area contributed by atoms with Crippen LogP contribution in [0.4, 0.5) is 4.39 Å². The lowest BCUT2D eigenvalue weighted by atomic mass is 10.1. The van der Waals surface area contributed by atoms with Gasteiger partial charge in [-0.1, -0.05) is 43.2 Å². The highest BCUT2D eigenvalue weighted by molar-refractivity contribution is 5.88. The Morgan fingerprint density at radius 1 is 1.17 bits per heavy atom. The molecular formula is C24H29FN2O3. The van der Waals surface area contributed by atoms with E-state index in [1.807, 2.05) is 25.1 Å². The van der Waals surface area contributed by atoms with Gasteiger partial charge in [0.1, 0.15) is 17.6 Å². The molecule has 1 saturated carbocycles. The number of hydrogen-bond donors (Lipinski definition) is 1. The van der Waals surface area contributed by atoms with Crippen LogP contribution in [0.1, 0.15) is 43.7 Å². The Morgan fingerprint density at radius 2 is 1.90 bits per heavy atom. The van der Waals surface area contributed by atoms with Gasteiger partial charge in [-0.15, -0.1) is 0 Å². The van der Waals surface area contributed by atoms with Crippen LogP contribution in [-0.4, -0.2) is 35.4 Å². The third-order valence-corrected chi connectivity index (χ3v) is 5.52. The number of amides is 2. The third-order valence-electron chi connectivity index (χ3n) is 5.52. The van der Waals surface area contributed by atoms with Gasteiger partial charge in [0.2, 0.25) is 5.91 Å². The maximum Gasteiger partial charge on any atom is 0.261 e. The largest absolute Gasteiger partial charge is 0.484 e. The third kappa shape index (κ3) is 5.81. The number of ether oxygens (including phenoxy) is 1. The average Bonchev–Trinajstić information content (AvgIpc) is 3.24. The van der Waals surface area contributed by atoms with Crippen molar-refractivity contribution in [2.45, 2.75) is 58.2 Å². The fourth-order valence-corrected chi connectivity index (χ4v) is 3.72. The zero-order valence-corrected chi connectivity index (χ0v) is 17.6. The lowest BCUT2D eigenvalue weighted by Gasteiger charge is -2.29. The van der Waals surface area contributed by atoms with Crippen LogP contribution in [0.3, 0.4) is 0 Å². The molecule has 0 saturated heterocycles. The van der Waals surface area contributed by atoms with Gasteiger partial charge < -0.3 is 15.0 Å². The fourth-order valence-electron chi connectivity index (χ4n) is 3.72. The quantitative estimate of drug-likeness (QED) is 0.713. The smallest absolute Gasteiger partial charge is 0.261 e. The molecule has 1 aliphatic rings. The zero-order valence-electron chi connectivity index (χ0n) is 17.6. The number of benzene rings is 2. The molecule has 30 heavy (non-hydrogen) atoms. The molecule has 2 amide bonds. The molecular weight excluding hydrogens is 383 g/mol. The molecule has 6 heteroatoms. The van der Waals surface area contributed by atoms with Crippen molar-refractivity contribution < 1.29 is 18.7 Å². The maximum atomic E-state index is 14.2. The molecule has 5 nitrogen and oxygen atoms in total. The number of carbonyl (C=O) groups excluding carboxylic acids is 2. The van der Waals surface area contributed by atoms with Gasteiger partial charge in [0, 0.05) is 18.2 Å². The first-order valence-corrected chi connectivity index (χ1v) is 10.5. The molecule has 1 atom stereocenters. The van der Waals surface area contributed by atoms with Crippen molar-refractivity contribution >= 4 is 11.8 Å². The van der Waals surface area contributed by atoms with Crippen LogP contribution in [0.2, 0.25) is 0 Å². The summed E-state index contributed by atoms with van der Waals surface area (Å²) in [5.74, 6) is -0.411.